The topological polar surface area (TPSA) is 70.4 Å². The van der Waals surface area contributed by atoms with Gasteiger partial charge in [0, 0.05) is 44.7 Å². The number of carbonyl (C=O) groups is 1. The predicted molar refractivity (Wildman–Crippen MR) is 93.5 cm³/mol. The molecule has 1 atom stereocenters. The highest BCUT2D eigenvalue weighted by Gasteiger charge is 2.43. The molecule has 0 bridgehead atoms. The molecule has 6 nitrogen and oxygen atoms in total. The summed E-state index contributed by atoms with van der Waals surface area (Å²) in [7, 11) is 0. The molecule has 2 N–H and O–H groups in total. The fraction of sp³-hybridized carbons (Fsp3) is 0.750. The molecule has 2 rings (SSSR count). The lowest BCUT2D eigenvalue weighted by Crippen LogP contribution is -2.57. The SMILES string of the molecule is CCc1noc(CC)c1CC(=O)NCC(N1CCNCC1)C(F)(F)F.Cl. The molecule has 1 unspecified atom stereocenters. The van der Waals surface area contributed by atoms with E-state index >= 15 is 0 Å². The Bertz CT molecular complexity index is 553. The number of nitrogens with zero attached hydrogens (tertiary/aromatic N) is 2. The molecule has 1 aliphatic rings. The van der Waals surface area contributed by atoms with Crippen molar-refractivity contribution in [2.24, 2.45) is 0 Å². The third-order valence-electron chi connectivity index (χ3n) is 4.41. The van der Waals surface area contributed by atoms with Gasteiger partial charge < -0.3 is 15.2 Å². The zero-order valence-corrected chi connectivity index (χ0v) is 15.8. The maximum absolute atomic E-state index is 13.3. The first-order valence-corrected chi connectivity index (χ1v) is 8.61. The zero-order valence-electron chi connectivity index (χ0n) is 15.0. The maximum atomic E-state index is 13.3. The number of nitrogens with one attached hydrogen (secondary N) is 2. The number of carbonyl (C=O) groups excluding carboxylic acids is 1. The molecule has 1 amide bonds. The summed E-state index contributed by atoms with van der Waals surface area (Å²) >= 11 is 0. The van der Waals surface area contributed by atoms with Crippen LogP contribution in [0, 0.1) is 0 Å². The van der Waals surface area contributed by atoms with E-state index in [1.54, 1.807) is 0 Å². The summed E-state index contributed by atoms with van der Waals surface area (Å²) < 4.78 is 45.2. The Labute approximate surface area is 157 Å². The van der Waals surface area contributed by atoms with Crippen molar-refractivity contribution in [3.63, 3.8) is 0 Å². The minimum Gasteiger partial charge on any atom is -0.361 e. The van der Waals surface area contributed by atoms with Gasteiger partial charge in [-0.1, -0.05) is 19.0 Å². The Morgan fingerprint density at radius 3 is 2.50 bits per heavy atom. The third-order valence-corrected chi connectivity index (χ3v) is 4.41. The molecule has 1 aliphatic heterocycles. The molecule has 2 heterocycles. The summed E-state index contributed by atoms with van der Waals surface area (Å²) in [6.07, 6.45) is -3.20. The average molecular weight is 399 g/mol. The molecule has 0 aliphatic carbocycles. The van der Waals surface area contributed by atoms with Crippen molar-refractivity contribution in [1.82, 2.24) is 20.7 Å². The number of halogens is 4. The van der Waals surface area contributed by atoms with Crippen molar-refractivity contribution in [2.45, 2.75) is 45.3 Å². The number of aryl methyl sites for hydroxylation is 2. The van der Waals surface area contributed by atoms with Gasteiger partial charge in [-0.3, -0.25) is 9.69 Å². The van der Waals surface area contributed by atoms with E-state index in [9.17, 15) is 18.0 Å². The van der Waals surface area contributed by atoms with E-state index in [2.05, 4.69) is 15.8 Å². The number of hydrogen-bond acceptors (Lipinski definition) is 5. The van der Waals surface area contributed by atoms with Gasteiger partial charge in [0.05, 0.1) is 12.1 Å². The zero-order chi connectivity index (χ0) is 18.4. The summed E-state index contributed by atoms with van der Waals surface area (Å²) in [6, 6.07) is -1.67. The van der Waals surface area contributed by atoms with Crippen LogP contribution in [0.1, 0.15) is 30.9 Å². The van der Waals surface area contributed by atoms with Gasteiger partial charge in [-0.25, -0.2) is 0 Å². The lowest BCUT2D eigenvalue weighted by Gasteiger charge is -2.35. The summed E-state index contributed by atoms with van der Waals surface area (Å²) in [6.45, 7) is 4.98. The normalized spacial score (nSPS) is 16.8. The Morgan fingerprint density at radius 1 is 1.31 bits per heavy atom. The van der Waals surface area contributed by atoms with Crippen LogP contribution < -0.4 is 10.6 Å². The lowest BCUT2D eigenvalue weighted by atomic mass is 10.1. The fourth-order valence-corrected chi connectivity index (χ4v) is 3.02. The summed E-state index contributed by atoms with van der Waals surface area (Å²) in [5, 5.41) is 9.38. The highest BCUT2D eigenvalue weighted by atomic mass is 35.5. The van der Waals surface area contributed by atoms with Crippen molar-refractivity contribution in [1.29, 1.82) is 0 Å². The smallest absolute Gasteiger partial charge is 0.361 e. The van der Waals surface area contributed by atoms with E-state index in [1.165, 1.54) is 4.90 Å². The van der Waals surface area contributed by atoms with Crippen LogP contribution in [0.25, 0.3) is 0 Å². The average Bonchev–Trinajstić information content (AvgIpc) is 2.96. The number of aromatic nitrogens is 1. The summed E-state index contributed by atoms with van der Waals surface area (Å²) in [5.41, 5.74) is 1.37. The van der Waals surface area contributed by atoms with Gasteiger partial charge in [-0.15, -0.1) is 12.4 Å². The van der Waals surface area contributed by atoms with E-state index in [-0.39, 0.29) is 18.8 Å². The molecule has 10 heteroatoms. The third kappa shape index (κ3) is 5.85. The van der Waals surface area contributed by atoms with Crippen molar-refractivity contribution in [3.05, 3.63) is 17.0 Å². The molecule has 1 aromatic rings. The number of amides is 1. The van der Waals surface area contributed by atoms with Crippen LogP contribution in [0.5, 0.6) is 0 Å². The molecule has 1 aromatic heterocycles. The predicted octanol–water partition coefficient (Wildman–Crippen LogP) is 1.72. The second-order valence-corrected chi connectivity index (χ2v) is 6.06. The second kappa shape index (κ2) is 10.1. The monoisotopic (exact) mass is 398 g/mol. The number of hydrogen-bond donors (Lipinski definition) is 2. The van der Waals surface area contributed by atoms with E-state index in [1.807, 2.05) is 13.8 Å². The molecule has 0 aromatic carbocycles. The lowest BCUT2D eigenvalue weighted by molar-refractivity contribution is -0.184. The van der Waals surface area contributed by atoms with E-state index in [0.29, 0.717) is 56.0 Å². The molecule has 0 radical (unpaired) electrons. The molecule has 0 saturated carbocycles. The standard InChI is InChI=1S/C16H25F3N4O2.ClH/c1-3-12-11(13(4-2)25-22-12)9-15(24)21-10-14(16(17,18)19)23-7-5-20-6-8-23;/h14,20H,3-10H2,1-2H3,(H,21,24);1H. The first-order valence-electron chi connectivity index (χ1n) is 8.61. The second-order valence-electron chi connectivity index (χ2n) is 6.06. The van der Waals surface area contributed by atoms with Crippen LogP contribution in [0.4, 0.5) is 13.2 Å². The summed E-state index contributed by atoms with van der Waals surface area (Å²) in [4.78, 5) is 13.5. The molecular weight excluding hydrogens is 373 g/mol. The van der Waals surface area contributed by atoms with Crippen LogP contribution in [0.15, 0.2) is 4.52 Å². The van der Waals surface area contributed by atoms with Crippen molar-refractivity contribution in [3.8, 4) is 0 Å². The highest BCUT2D eigenvalue weighted by Crippen LogP contribution is 2.25. The van der Waals surface area contributed by atoms with Crippen molar-refractivity contribution >= 4 is 18.3 Å². The van der Waals surface area contributed by atoms with Crippen LogP contribution in [0.3, 0.4) is 0 Å². The van der Waals surface area contributed by atoms with Crippen LogP contribution in [0.2, 0.25) is 0 Å². The Balaban J connectivity index is 0.00000338. The van der Waals surface area contributed by atoms with Gasteiger partial charge >= 0.3 is 6.18 Å². The number of piperazine rings is 1. The Hall–Kier alpha value is -1.32. The van der Waals surface area contributed by atoms with Crippen molar-refractivity contribution < 1.29 is 22.5 Å². The van der Waals surface area contributed by atoms with Gasteiger partial charge in [-0.2, -0.15) is 13.2 Å². The number of alkyl halides is 3. The molecule has 150 valence electrons. The van der Waals surface area contributed by atoms with E-state index < -0.39 is 24.7 Å². The van der Waals surface area contributed by atoms with Gasteiger partial charge in [0.25, 0.3) is 0 Å². The van der Waals surface area contributed by atoms with Crippen LogP contribution in [-0.4, -0.2) is 60.9 Å². The quantitative estimate of drug-likeness (QED) is 0.731. The molecule has 1 saturated heterocycles. The molecule has 1 fully saturated rings. The fourth-order valence-electron chi connectivity index (χ4n) is 3.02. The Kier molecular flexibility index (Phi) is 8.85. The molecule has 0 spiro atoms. The molecular formula is C16H26ClF3N4O2. The van der Waals surface area contributed by atoms with Crippen LogP contribution in [-0.2, 0) is 24.1 Å². The Morgan fingerprint density at radius 2 is 1.96 bits per heavy atom. The first kappa shape index (κ1) is 22.7. The van der Waals surface area contributed by atoms with Gasteiger partial charge in [0.2, 0.25) is 5.91 Å². The summed E-state index contributed by atoms with van der Waals surface area (Å²) in [5.74, 6) is 0.165. The van der Waals surface area contributed by atoms with Crippen molar-refractivity contribution in [2.75, 3.05) is 32.7 Å². The maximum Gasteiger partial charge on any atom is 0.405 e. The highest BCUT2D eigenvalue weighted by molar-refractivity contribution is 5.85. The van der Waals surface area contributed by atoms with Gasteiger partial charge in [0.15, 0.2) is 0 Å². The van der Waals surface area contributed by atoms with E-state index in [0.717, 1.165) is 0 Å². The van der Waals surface area contributed by atoms with Crippen LogP contribution >= 0.6 is 12.4 Å². The van der Waals surface area contributed by atoms with E-state index in [4.69, 9.17) is 4.52 Å². The van der Waals surface area contributed by atoms with Gasteiger partial charge in [0.1, 0.15) is 11.8 Å². The first-order chi connectivity index (χ1) is 11.9. The molecule has 26 heavy (non-hydrogen) atoms. The van der Waals surface area contributed by atoms with Gasteiger partial charge in [-0.05, 0) is 6.42 Å². The minimum atomic E-state index is -4.38. The minimum absolute atomic E-state index is 0. The number of rotatable bonds is 7. The largest absolute Gasteiger partial charge is 0.405 e.